The minimum absolute atomic E-state index is 0.0527. The van der Waals surface area contributed by atoms with E-state index in [4.69, 9.17) is 0 Å². The number of hydrogen-bond donors (Lipinski definition) is 1. The van der Waals surface area contributed by atoms with Crippen LogP contribution >= 0.6 is 11.3 Å². The van der Waals surface area contributed by atoms with Crippen LogP contribution in [0.4, 0.5) is 0 Å². The summed E-state index contributed by atoms with van der Waals surface area (Å²) in [6.07, 6.45) is 2.56. The Labute approximate surface area is 121 Å². The molecule has 1 saturated carbocycles. The smallest absolute Gasteiger partial charge is 0.311 e. The Kier molecular flexibility index (Phi) is 3.08. The van der Waals surface area contributed by atoms with Crippen molar-refractivity contribution >= 4 is 23.2 Å². The van der Waals surface area contributed by atoms with Crippen molar-refractivity contribution in [3.8, 4) is 0 Å². The molecule has 0 unspecified atom stereocenters. The van der Waals surface area contributed by atoms with Crippen LogP contribution < -0.4 is 0 Å². The number of likely N-dealkylation sites (tertiary alicyclic amines) is 1. The second-order valence-corrected chi connectivity index (χ2v) is 7.09. The average molecular weight is 294 g/mol. The molecule has 3 rings (SSSR count). The Morgan fingerprint density at radius 3 is 2.75 bits per heavy atom. The molecule has 0 bridgehead atoms. The van der Waals surface area contributed by atoms with Crippen LogP contribution in [0, 0.1) is 25.2 Å². The summed E-state index contributed by atoms with van der Waals surface area (Å²) in [7, 11) is 0. The van der Waals surface area contributed by atoms with Crippen molar-refractivity contribution in [3.05, 3.63) is 15.6 Å². The number of aromatic nitrogens is 1. The molecule has 1 aromatic heterocycles. The van der Waals surface area contributed by atoms with Gasteiger partial charge >= 0.3 is 5.97 Å². The molecule has 2 aliphatic rings. The largest absolute Gasteiger partial charge is 0.481 e. The number of rotatable bonds is 2. The van der Waals surface area contributed by atoms with Gasteiger partial charge in [-0.2, -0.15) is 0 Å². The molecule has 2 atom stereocenters. The zero-order valence-corrected chi connectivity index (χ0v) is 12.5. The molecule has 2 heterocycles. The van der Waals surface area contributed by atoms with E-state index in [1.165, 1.54) is 11.3 Å². The van der Waals surface area contributed by atoms with Crippen LogP contribution in [0.25, 0.3) is 0 Å². The molecule has 1 amide bonds. The predicted octanol–water partition coefficient (Wildman–Crippen LogP) is 2.09. The number of amides is 1. The number of carboxylic acids is 1. The molecule has 0 spiro atoms. The Morgan fingerprint density at radius 2 is 2.20 bits per heavy atom. The second-order valence-electron chi connectivity index (χ2n) is 5.88. The van der Waals surface area contributed by atoms with Crippen LogP contribution in [0.2, 0.25) is 0 Å². The van der Waals surface area contributed by atoms with E-state index in [0.29, 0.717) is 24.4 Å². The van der Waals surface area contributed by atoms with Crippen LogP contribution in [0.3, 0.4) is 0 Å². The van der Waals surface area contributed by atoms with Crippen molar-refractivity contribution < 1.29 is 14.7 Å². The third-order valence-electron chi connectivity index (χ3n) is 4.68. The molecule has 1 aliphatic carbocycles. The van der Waals surface area contributed by atoms with Gasteiger partial charge in [-0.1, -0.05) is 6.42 Å². The van der Waals surface area contributed by atoms with E-state index in [2.05, 4.69) is 4.98 Å². The zero-order chi connectivity index (χ0) is 14.5. The van der Waals surface area contributed by atoms with Gasteiger partial charge in [0.05, 0.1) is 16.1 Å². The normalized spacial score (nSPS) is 28.7. The molecule has 108 valence electrons. The van der Waals surface area contributed by atoms with E-state index in [9.17, 15) is 14.7 Å². The molecule has 1 aliphatic heterocycles. The molecule has 20 heavy (non-hydrogen) atoms. The van der Waals surface area contributed by atoms with Gasteiger partial charge in [0.15, 0.2) is 0 Å². The van der Waals surface area contributed by atoms with Gasteiger partial charge in [-0.25, -0.2) is 4.98 Å². The fourth-order valence-electron chi connectivity index (χ4n) is 3.67. The monoisotopic (exact) mass is 294 g/mol. The first-order valence-corrected chi connectivity index (χ1v) is 7.72. The van der Waals surface area contributed by atoms with Crippen LogP contribution in [0.5, 0.6) is 0 Å². The molecule has 1 saturated heterocycles. The number of aliphatic carboxylic acids is 1. The molecular weight excluding hydrogens is 276 g/mol. The number of hydrogen-bond acceptors (Lipinski definition) is 4. The number of carbonyl (C=O) groups is 2. The highest BCUT2D eigenvalue weighted by molar-refractivity contribution is 7.13. The fourth-order valence-corrected chi connectivity index (χ4v) is 4.55. The molecule has 2 fully saturated rings. The predicted molar refractivity (Wildman–Crippen MR) is 74.9 cm³/mol. The van der Waals surface area contributed by atoms with Gasteiger partial charge < -0.3 is 10.0 Å². The van der Waals surface area contributed by atoms with Gasteiger partial charge in [-0.15, -0.1) is 11.3 Å². The van der Waals surface area contributed by atoms with Gasteiger partial charge in [0.2, 0.25) is 0 Å². The van der Waals surface area contributed by atoms with Gasteiger partial charge in [-0.3, -0.25) is 9.59 Å². The van der Waals surface area contributed by atoms with Gasteiger partial charge in [0.1, 0.15) is 4.88 Å². The van der Waals surface area contributed by atoms with Crippen LogP contribution in [0.15, 0.2) is 0 Å². The summed E-state index contributed by atoms with van der Waals surface area (Å²) in [4.78, 5) is 30.9. The van der Waals surface area contributed by atoms with Crippen LogP contribution in [0.1, 0.15) is 39.6 Å². The first kappa shape index (κ1) is 13.5. The quantitative estimate of drug-likeness (QED) is 0.906. The van der Waals surface area contributed by atoms with Crippen molar-refractivity contribution in [2.24, 2.45) is 11.3 Å². The topological polar surface area (TPSA) is 70.5 Å². The molecule has 0 aromatic carbocycles. The first-order valence-electron chi connectivity index (χ1n) is 6.91. The summed E-state index contributed by atoms with van der Waals surface area (Å²) in [5, 5.41) is 10.4. The fraction of sp³-hybridized carbons (Fsp3) is 0.643. The van der Waals surface area contributed by atoms with E-state index in [1.54, 1.807) is 4.90 Å². The van der Waals surface area contributed by atoms with Crippen LogP contribution in [-0.2, 0) is 4.79 Å². The highest BCUT2D eigenvalue weighted by atomic mass is 32.1. The molecule has 1 aromatic rings. The molecular formula is C14H18N2O3S. The van der Waals surface area contributed by atoms with E-state index in [0.717, 1.165) is 23.5 Å². The van der Waals surface area contributed by atoms with Gasteiger partial charge in [-0.05, 0) is 32.6 Å². The number of carboxylic acid groups (broad SMARTS) is 1. The summed E-state index contributed by atoms with van der Waals surface area (Å²) in [6.45, 7) is 4.64. The van der Waals surface area contributed by atoms with Crippen molar-refractivity contribution in [3.63, 3.8) is 0 Å². The van der Waals surface area contributed by atoms with Gasteiger partial charge in [0, 0.05) is 13.1 Å². The summed E-state index contributed by atoms with van der Waals surface area (Å²) in [5.74, 6) is -0.686. The van der Waals surface area contributed by atoms with Crippen molar-refractivity contribution in [1.29, 1.82) is 0 Å². The van der Waals surface area contributed by atoms with Crippen molar-refractivity contribution in [2.45, 2.75) is 33.1 Å². The van der Waals surface area contributed by atoms with Crippen molar-refractivity contribution in [1.82, 2.24) is 9.88 Å². The first-order chi connectivity index (χ1) is 9.44. The molecule has 6 heteroatoms. The number of fused-ring (bicyclic) bond motifs is 1. The maximum Gasteiger partial charge on any atom is 0.311 e. The number of carbonyl (C=O) groups excluding carboxylic acids is 1. The Balaban J connectivity index is 1.85. The van der Waals surface area contributed by atoms with Crippen LogP contribution in [-0.4, -0.2) is 40.0 Å². The lowest BCUT2D eigenvalue weighted by molar-refractivity contribution is -0.149. The number of aryl methyl sites for hydroxylation is 2. The SMILES string of the molecule is Cc1nc(C)c(C(=O)N2C[C@@H]3CCC[C@@]3(C(=O)O)C2)s1. The Morgan fingerprint density at radius 1 is 1.45 bits per heavy atom. The minimum Gasteiger partial charge on any atom is -0.481 e. The Hall–Kier alpha value is -1.43. The Bertz CT molecular complexity index is 583. The average Bonchev–Trinajstić information content (AvgIpc) is 2.99. The lowest BCUT2D eigenvalue weighted by Gasteiger charge is -2.23. The van der Waals surface area contributed by atoms with Crippen molar-refractivity contribution in [2.75, 3.05) is 13.1 Å². The molecule has 1 N–H and O–H groups in total. The summed E-state index contributed by atoms with van der Waals surface area (Å²) in [5.41, 5.74) is 0.0440. The third-order valence-corrected chi connectivity index (χ3v) is 5.74. The number of thiazole rings is 1. The minimum atomic E-state index is -0.743. The maximum absolute atomic E-state index is 12.6. The van der Waals surface area contributed by atoms with E-state index in [-0.39, 0.29) is 11.8 Å². The summed E-state index contributed by atoms with van der Waals surface area (Å²) < 4.78 is 0. The summed E-state index contributed by atoms with van der Waals surface area (Å²) in [6, 6.07) is 0. The van der Waals surface area contributed by atoms with E-state index >= 15 is 0 Å². The second kappa shape index (κ2) is 4.55. The lowest BCUT2D eigenvalue weighted by Crippen LogP contribution is -2.37. The molecule has 0 radical (unpaired) electrons. The number of nitrogens with zero attached hydrogens (tertiary/aromatic N) is 2. The van der Waals surface area contributed by atoms with Gasteiger partial charge in [0.25, 0.3) is 5.91 Å². The third kappa shape index (κ3) is 1.85. The van der Waals surface area contributed by atoms with E-state index < -0.39 is 11.4 Å². The van der Waals surface area contributed by atoms with E-state index in [1.807, 2.05) is 13.8 Å². The summed E-state index contributed by atoms with van der Waals surface area (Å²) >= 11 is 1.39. The zero-order valence-electron chi connectivity index (χ0n) is 11.7. The molecule has 5 nitrogen and oxygen atoms in total. The highest BCUT2D eigenvalue weighted by Gasteiger charge is 2.56. The maximum atomic E-state index is 12.6. The highest BCUT2D eigenvalue weighted by Crippen LogP contribution is 2.49. The standard InChI is InChI=1S/C14H18N2O3S/c1-8-11(20-9(2)15-8)12(17)16-6-10-4-3-5-14(10,7-16)13(18)19/h10H,3-7H2,1-2H3,(H,18,19)/t10-,14+/m0/s1. The lowest BCUT2D eigenvalue weighted by atomic mass is 9.81.